The molecule has 1 aromatic carbocycles. The maximum atomic E-state index is 11.3. The summed E-state index contributed by atoms with van der Waals surface area (Å²) in [6, 6.07) is 1.67. The number of phenols is 1. The van der Waals surface area contributed by atoms with Crippen molar-refractivity contribution in [2.24, 2.45) is 0 Å². The molecule has 0 amide bonds. The third kappa shape index (κ3) is 1.95. The van der Waals surface area contributed by atoms with Crippen molar-refractivity contribution in [3.05, 3.63) is 17.2 Å². The number of ether oxygens (including phenoxy) is 2. The van der Waals surface area contributed by atoms with Crippen molar-refractivity contribution in [3.63, 3.8) is 0 Å². The molecule has 0 bridgehead atoms. The van der Waals surface area contributed by atoms with E-state index in [2.05, 4.69) is 0 Å². The Morgan fingerprint density at radius 3 is 2.71 bits per heavy atom. The van der Waals surface area contributed by atoms with Gasteiger partial charge in [0.25, 0.3) is 0 Å². The lowest BCUT2D eigenvalue weighted by molar-refractivity contribution is -0.135. The summed E-state index contributed by atoms with van der Waals surface area (Å²) in [7, 11) is 1.52. The highest BCUT2D eigenvalue weighted by molar-refractivity contribution is 5.78. The van der Waals surface area contributed by atoms with Crippen LogP contribution in [0.4, 0.5) is 0 Å². The van der Waals surface area contributed by atoms with Gasteiger partial charge in [-0.3, -0.25) is 4.79 Å². The molecule has 0 saturated carbocycles. The summed E-state index contributed by atoms with van der Waals surface area (Å²) < 4.78 is 10.5. The molecule has 0 aromatic heterocycles. The molecule has 17 heavy (non-hydrogen) atoms. The van der Waals surface area contributed by atoms with Gasteiger partial charge in [-0.2, -0.15) is 0 Å². The maximum Gasteiger partial charge on any atom is 0.311 e. The third-order valence-electron chi connectivity index (χ3n) is 2.93. The Morgan fingerprint density at radius 2 is 2.12 bits per heavy atom. The molecule has 4 heteroatoms. The third-order valence-corrected chi connectivity index (χ3v) is 2.93. The summed E-state index contributed by atoms with van der Waals surface area (Å²) in [4.78, 5) is 11.3. The lowest BCUT2D eigenvalue weighted by Gasteiger charge is -2.22. The van der Waals surface area contributed by atoms with Gasteiger partial charge in [-0.15, -0.1) is 0 Å². The molecule has 0 atom stereocenters. The normalized spacial score (nSPS) is 14.5. The van der Waals surface area contributed by atoms with Crippen LogP contribution in [0.2, 0.25) is 0 Å². The van der Waals surface area contributed by atoms with Gasteiger partial charge < -0.3 is 14.6 Å². The van der Waals surface area contributed by atoms with E-state index in [4.69, 9.17) is 9.47 Å². The number of carbonyl (C=O) groups is 1. The van der Waals surface area contributed by atoms with Crippen molar-refractivity contribution in [1.82, 2.24) is 0 Å². The zero-order valence-corrected chi connectivity index (χ0v) is 10.2. The molecule has 0 saturated heterocycles. The fraction of sp³-hybridized carbons (Fsp3) is 0.462. The molecule has 92 valence electrons. The highest BCUT2D eigenvalue weighted by atomic mass is 16.6. The van der Waals surface area contributed by atoms with E-state index < -0.39 is 0 Å². The van der Waals surface area contributed by atoms with Crippen LogP contribution in [-0.2, 0) is 11.2 Å². The first-order valence-electron chi connectivity index (χ1n) is 5.68. The van der Waals surface area contributed by atoms with E-state index in [-0.39, 0.29) is 17.6 Å². The van der Waals surface area contributed by atoms with Crippen LogP contribution in [0.3, 0.4) is 0 Å². The second kappa shape index (κ2) is 4.28. The Morgan fingerprint density at radius 1 is 1.41 bits per heavy atom. The summed E-state index contributed by atoms with van der Waals surface area (Å²) in [6.07, 6.45) is 0.924. The van der Waals surface area contributed by atoms with Crippen molar-refractivity contribution in [2.45, 2.75) is 32.6 Å². The minimum atomic E-state index is -0.254. The molecule has 2 rings (SSSR count). The van der Waals surface area contributed by atoms with Crippen LogP contribution in [0.5, 0.6) is 17.2 Å². The van der Waals surface area contributed by atoms with Gasteiger partial charge >= 0.3 is 5.97 Å². The smallest absolute Gasteiger partial charge is 0.311 e. The van der Waals surface area contributed by atoms with E-state index in [9.17, 15) is 9.90 Å². The fourth-order valence-corrected chi connectivity index (χ4v) is 2.15. The van der Waals surface area contributed by atoms with Crippen LogP contribution in [0.1, 0.15) is 37.3 Å². The van der Waals surface area contributed by atoms with Crippen LogP contribution in [0.15, 0.2) is 6.07 Å². The number of carbonyl (C=O) groups excluding carboxylic acids is 1. The monoisotopic (exact) mass is 236 g/mol. The topological polar surface area (TPSA) is 55.8 Å². The summed E-state index contributed by atoms with van der Waals surface area (Å²) in [6.45, 7) is 3.91. The number of benzene rings is 1. The Bertz CT molecular complexity index is 463. The van der Waals surface area contributed by atoms with Gasteiger partial charge in [0, 0.05) is 11.1 Å². The predicted octanol–water partition coefficient (Wildman–Crippen LogP) is 2.38. The van der Waals surface area contributed by atoms with Crippen molar-refractivity contribution in [3.8, 4) is 17.2 Å². The molecule has 1 heterocycles. The molecule has 1 aliphatic heterocycles. The second-order valence-electron chi connectivity index (χ2n) is 4.46. The first-order valence-corrected chi connectivity index (χ1v) is 5.68. The van der Waals surface area contributed by atoms with Crippen molar-refractivity contribution >= 4 is 5.97 Å². The molecular formula is C13H16O4. The first kappa shape index (κ1) is 11.8. The molecule has 0 fully saturated rings. The zero-order chi connectivity index (χ0) is 12.6. The second-order valence-corrected chi connectivity index (χ2v) is 4.46. The first-order chi connectivity index (χ1) is 8.04. The number of esters is 1. The van der Waals surface area contributed by atoms with Gasteiger partial charge in [-0.25, -0.2) is 0 Å². The predicted molar refractivity (Wildman–Crippen MR) is 62.7 cm³/mol. The largest absolute Gasteiger partial charge is 0.508 e. The van der Waals surface area contributed by atoms with Crippen molar-refractivity contribution in [2.75, 3.05) is 7.11 Å². The Balaban J connectivity index is 2.64. The van der Waals surface area contributed by atoms with Gasteiger partial charge in [0.15, 0.2) is 11.5 Å². The molecule has 4 nitrogen and oxygen atoms in total. The average molecular weight is 236 g/mol. The standard InChI is InChI=1S/C13H16O4/c1-7(2)11-9(14)6-8-4-5-10(15)17-12(8)13(11)16-3/h6-7,14H,4-5H2,1-3H3. The molecule has 0 spiro atoms. The highest BCUT2D eigenvalue weighted by Gasteiger charge is 2.26. The summed E-state index contributed by atoms with van der Waals surface area (Å²) in [5, 5.41) is 9.99. The van der Waals surface area contributed by atoms with Crippen molar-refractivity contribution < 1.29 is 19.4 Å². The van der Waals surface area contributed by atoms with Gasteiger partial charge in [-0.1, -0.05) is 13.8 Å². The number of rotatable bonds is 2. The highest BCUT2D eigenvalue weighted by Crippen LogP contribution is 2.45. The lowest BCUT2D eigenvalue weighted by atomic mass is 9.95. The number of hydrogen-bond acceptors (Lipinski definition) is 4. The van der Waals surface area contributed by atoms with Crippen LogP contribution in [-0.4, -0.2) is 18.2 Å². The SMILES string of the molecule is COc1c2c(cc(O)c1C(C)C)CCC(=O)O2. The molecule has 1 aliphatic rings. The van der Waals surface area contributed by atoms with Crippen LogP contribution in [0.25, 0.3) is 0 Å². The maximum absolute atomic E-state index is 11.3. The number of fused-ring (bicyclic) bond motifs is 1. The van der Waals surface area contributed by atoms with E-state index in [1.807, 2.05) is 13.8 Å². The fourth-order valence-electron chi connectivity index (χ4n) is 2.15. The number of methoxy groups -OCH3 is 1. The van der Waals surface area contributed by atoms with Gasteiger partial charge in [0.2, 0.25) is 0 Å². The van der Waals surface area contributed by atoms with Gasteiger partial charge in [0.05, 0.1) is 13.5 Å². The molecule has 0 aliphatic carbocycles. The number of aromatic hydroxyl groups is 1. The lowest BCUT2D eigenvalue weighted by Crippen LogP contribution is -2.17. The molecule has 1 N–H and O–H groups in total. The average Bonchev–Trinajstić information content (AvgIpc) is 2.27. The van der Waals surface area contributed by atoms with Crippen LogP contribution < -0.4 is 9.47 Å². The molecular weight excluding hydrogens is 220 g/mol. The van der Waals surface area contributed by atoms with Gasteiger partial charge in [-0.05, 0) is 18.4 Å². The summed E-state index contributed by atoms with van der Waals surface area (Å²) in [5.41, 5.74) is 1.50. The van der Waals surface area contributed by atoms with E-state index in [1.54, 1.807) is 6.07 Å². The number of hydrogen-bond donors (Lipinski definition) is 1. The van der Waals surface area contributed by atoms with Crippen LogP contribution >= 0.6 is 0 Å². The quantitative estimate of drug-likeness (QED) is 0.632. The molecule has 0 radical (unpaired) electrons. The Hall–Kier alpha value is -1.71. The van der Waals surface area contributed by atoms with Crippen LogP contribution in [0, 0.1) is 0 Å². The molecule has 1 aromatic rings. The van der Waals surface area contributed by atoms with E-state index in [1.165, 1.54) is 7.11 Å². The zero-order valence-electron chi connectivity index (χ0n) is 10.2. The summed E-state index contributed by atoms with van der Waals surface area (Å²) in [5.74, 6) is 0.980. The Labute approximate surface area is 100 Å². The number of phenolic OH excluding ortho intramolecular Hbond substituents is 1. The minimum absolute atomic E-state index is 0.0934. The number of aryl methyl sites for hydroxylation is 1. The van der Waals surface area contributed by atoms with Gasteiger partial charge in [0.1, 0.15) is 5.75 Å². The van der Waals surface area contributed by atoms with E-state index in [0.717, 1.165) is 5.56 Å². The molecule has 0 unspecified atom stereocenters. The van der Waals surface area contributed by atoms with Crippen molar-refractivity contribution in [1.29, 1.82) is 0 Å². The van der Waals surface area contributed by atoms with E-state index in [0.29, 0.717) is 29.9 Å². The Kier molecular flexibility index (Phi) is 2.96. The summed E-state index contributed by atoms with van der Waals surface area (Å²) >= 11 is 0. The van der Waals surface area contributed by atoms with E-state index >= 15 is 0 Å². The minimum Gasteiger partial charge on any atom is -0.508 e.